The van der Waals surface area contributed by atoms with Gasteiger partial charge in [0.25, 0.3) is 0 Å². The van der Waals surface area contributed by atoms with Gasteiger partial charge < -0.3 is 34.3 Å². The molecule has 0 saturated heterocycles. The van der Waals surface area contributed by atoms with Gasteiger partial charge in [0.1, 0.15) is 29.1 Å². The number of aromatic hydroxyl groups is 1. The summed E-state index contributed by atoms with van der Waals surface area (Å²) >= 11 is 0. The highest BCUT2D eigenvalue weighted by Crippen LogP contribution is 2.70. The molecule has 5 unspecified atom stereocenters. The number of phenolic OH excluding ortho intramolecular Hbond substituents is 1. The molecule has 0 bridgehead atoms. The van der Waals surface area contributed by atoms with Crippen molar-refractivity contribution in [1.82, 2.24) is 0 Å². The van der Waals surface area contributed by atoms with Crippen molar-refractivity contribution >= 4 is 5.97 Å². The third-order valence-corrected chi connectivity index (χ3v) is 7.21. The quantitative estimate of drug-likeness (QED) is 0.445. The van der Waals surface area contributed by atoms with Gasteiger partial charge in [-0.15, -0.1) is 0 Å². The molecule has 2 aliphatic rings. The van der Waals surface area contributed by atoms with Crippen LogP contribution in [-0.4, -0.2) is 48.7 Å². The number of hydrogen-bond acceptors (Lipinski definition) is 8. The number of aliphatic hydroxyl groups is 2. The summed E-state index contributed by atoms with van der Waals surface area (Å²) in [4.78, 5) is 13.1. The zero-order valence-corrected chi connectivity index (χ0v) is 21.5. The van der Waals surface area contributed by atoms with E-state index in [-0.39, 0.29) is 22.8 Å². The maximum atomic E-state index is 13.1. The molecule has 0 radical (unpaired) electrons. The first-order chi connectivity index (χ1) is 17.8. The van der Waals surface area contributed by atoms with Gasteiger partial charge in [-0.1, -0.05) is 56.3 Å². The Bertz CT molecular complexity index is 1260. The Kier molecular flexibility index (Phi) is 7.08. The molecule has 3 N–H and O–H groups in total. The number of esters is 1. The maximum absolute atomic E-state index is 13.1. The number of rotatable bonds is 5. The van der Waals surface area contributed by atoms with Gasteiger partial charge in [-0.25, -0.2) is 0 Å². The summed E-state index contributed by atoms with van der Waals surface area (Å²) in [5.74, 6) is -2.03. The predicted octanol–water partition coefficient (Wildman–Crippen LogP) is 3.86. The molecule has 0 spiro atoms. The third-order valence-electron chi connectivity index (χ3n) is 7.21. The number of ether oxygens (including phenoxy) is 4. The molecule has 1 saturated carbocycles. The minimum Gasteiger partial charge on any atom is -0.508 e. The summed E-state index contributed by atoms with van der Waals surface area (Å²) in [5.41, 5.74) is -2.52. The predicted molar refractivity (Wildman–Crippen MR) is 136 cm³/mol. The SMILES string of the molecule is CC.COC(=O)C1C(O)C2(O)c3c(OC)cc(O)cc3OC2(c2ccc(OC)cc2)C1c1ccccc1. The highest BCUT2D eigenvalue weighted by atomic mass is 16.5. The van der Waals surface area contributed by atoms with E-state index in [0.717, 1.165) is 0 Å². The molecule has 1 heterocycles. The standard InChI is InChI=1S/C27H26O8.C2H6/c1-32-18-11-9-16(10-12-18)27-22(15-7-5-4-6-8-15)21(25(30)34-3)24(29)26(27,31)23-19(33-2)13-17(28)14-20(23)35-27;1-2/h4-14,21-22,24,28-29,31H,1-3H3;1-2H3. The summed E-state index contributed by atoms with van der Waals surface area (Å²) in [6.07, 6.45) is -1.64. The first-order valence-corrected chi connectivity index (χ1v) is 12.1. The average Bonchev–Trinajstić information content (AvgIpc) is 3.31. The van der Waals surface area contributed by atoms with E-state index in [1.807, 2.05) is 44.2 Å². The van der Waals surface area contributed by atoms with E-state index in [1.165, 1.54) is 26.4 Å². The van der Waals surface area contributed by atoms with Gasteiger partial charge >= 0.3 is 5.97 Å². The molecule has 5 rings (SSSR count). The molecule has 1 aliphatic heterocycles. The van der Waals surface area contributed by atoms with Gasteiger partial charge in [-0.3, -0.25) is 4.79 Å². The second-order valence-electron chi connectivity index (χ2n) is 8.74. The van der Waals surface area contributed by atoms with E-state index in [9.17, 15) is 20.1 Å². The molecule has 37 heavy (non-hydrogen) atoms. The van der Waals surface area contributed by atoms with Crippen LogP contribution in [0.25, 0.3) is 0 Å². The third kappa shape index (κ3) is 3.62. The number of aliphatic hydroxyl groups excluding tert-OH is 1. The highest BCUT2D eigenvalue weighted by Gasteiger charge is 2.78. The molecule has 196 valence electrons. The molecule has 1 aliphatic carbocycles. The van der Waals surface area contributed by atoms with Crippen molar-refractivity contribution in [1.29, 1.82) is 0 Å². The van der Waals surface area contributed by atoms with Crippen LogP contribution in [0.2, 0.25) is 0 Å². The van der Waals surface area contributed by atoms with Gasteiger partial charge in [0.05, 0.1) is 32.8 Å². The largest absolute Gasteiger partial charge is 0.508 e. The molecule has 3 aromatic rings. The lowest BCUT2D eigenvalue weighted by atomic mass is 9.70. The van der Waals surface area contributed by atoms with E-state index >= 15 is 0 Å². The molecule has 8 heteroatoms. The Hall–Kier alpha value is -3.75. The summed E-state index contributed by atoms with van der Waals surface area (Å²) < 4.78 is 22.5. The Labute approximate surface area is 216 Å². The lowest BCUT2D eigenvalue weighted by Gasteiger charge is -2.40. The zero-order valence-electron chi connectivity index (χ0n) is 21.5. The molecular weight excluding hydrogens is 476 g/mol. The van der Waals surface area contributed by atoms with Gasteiger partial charge in [0.15, 0.2) is 11.2 Å². The van der Waals surface area contributed by atoms with Crippen molar-refractivity contribution in [2.75, 3.05) is 21.3 Å². The van der Waals surface area contributed by atoms with Crippen LogP contribution in [0.1, 0.15) is 36.5 Å². The van der Waals surface area contributed by atoms with Gasteiger partial charge in [-0.2, -0.15) is 0 Å². The van der Waals surface area contributed by atoms with Crippen molar-refractivity contribution in [3.05, 3.63) is 83.4 Å². The molecule has 5 atom stereocenters. The average molecular weight is 509 g/mol. The van der Waals surface area contributed by atoms with E-state index in [2.05, 4.69) is 0 Å². The minimum atomic E-state index is -2.14. The summed E-state index contributed by atoms with van der Waals surface area (Å²) in [6, 6.07) is 18.6. The Morgan fingerprint density at radius 3 is 2.16 bits per heavy atom. The fourth-order valence-electron chi connectivity index (χ4n) is 5.79. The smallest absolute Gasteiger partial charge is 0.312 e. The number of fused-ring (bicyclic) bond motifs is 3. The molecule has 3 aromatic carbocycles. The van der Waals surface area contributed by atoms with Crippen LogP contribution in [0.4, 0.5) is 0 Å². The van der Waals surface area contributed by atoms with Crippen molar-refractivity contribution in [2.24, 2.45) is 5.92 Å². The number of benzene rings is 3. The highest BCUT2D eigenvalue weighted by molar-refractivity contribution is 5.78. The first-order valence-electron chi connectivity index (χ1n) is 12.1. The van der Waals surface area contributed by atoms with Crippen molar-refractivity contribution < 1.29 is 39.1 Å². The number of hydrogen-bond donors (Lipinski definition) is 3. The second-order valence-corrected chi connectivity index (χ2v) is 8.74. The van der Waals surface area contributed by atoms with Crippen LogP contribution in [-0.2, 0) is 20.7 Å². The summed E-state index contributed by atoms with van der Waals surface area (Å²) in [6.45, 7) is 4.00. The zero-order chi connectivity index (χ0) is 27.0. The topological polar surface area (TPSA) is 115 Å². The van der Waals surface area contributed by atoms with Gasteiger partial charge in [0, 0.05) is 18.1 Å². The second kappa shape index (κ2) is 9.95. The fraction of sp³-hybridized carbons (Fsp3) is 0.345. The van der Waals surface area contributed by atoms with Crippen molar-refractivity contribution in [3.8, 4) is 23.0 Å². The molecule has 8 nitrogen and oxygen atoms in total. The molecule has 0 aromatic heterocycles. The van der Waals surface area contributed by atoms with Crippen molar-refractivity contribution in [3.63, 3.8) is 0 Å². The number of carbonyl (C=O) groups excluding carboxylic acids is 1. The van der Waals surface area contributed by atoms with Crippen molar-refractivity contribution in [2.45, 2.75) is 37.1 Å². The summed E-state index contributed by atoms with van der Waals surface area (Å²) in [7, 11) is 4.17. The van der Waals surface area contributed by atoms with Crippen LogP contribution in [0.5, 0.6) is 23.0 Å². The van der Waals surface area contributed by atoms with E-state index in [4.69, 9.17) is 18.9 Å². The van der Waals surface area contributed by atoms with Crippen LogP contribution in [0, 0.1) is 5.92 Å². The normalized spacial score (nSPS) is 27.2. The van der Waals surface area contributed by atoms with Crippen LogP contribution in [0.3, 0.4) is 0 Å². The lowest BCUT2D eigenvalue weighted by Crippen LogP contribution is -2.52. The Balaban J connectivity index is 0.00000156. The Morgan fingerprint density at radius 2 is 1.59 bits per heavy atom. The lowest BCUT2D eigenvalue weighted by molar-refractivity contribution is -0.161. The number of methoxy groups -OCH3 is 3. The minimum absolute atomic E-state index is 0.120. The molecular formula is C29H32O8. The van der Waals surface area contributed by atoms with Crippen LogP contribution >= 0.6 is 0 Å². The molecule has 1 fully saturated rings. The van der Waals surface area contributed by atoms with Gasteiger partial charge in [-0.05, 0) is 23.3 Å². The van der Waals surface area contributed by atoms with E-state index < -0.39 is 35.1 Å². The number of phenols is 1. The fourth-order valence-corrected chi connectivity index (χ4v) is 5.79. The maximum Gasteiger partial charge on any atom is 0.312 e. The monoisotopic (exact) mass is 508 g/mol. The molecule has 0 amide bonds. The van der Waals surface area contributed by atoms with Gasteiger partial charge in [0.2, 0.25) is 0 Å². The number of carbonyl (C=O) groups is 1. The first kappa shape index (κ1) is 26.3. The van der Waals surface area contributed by atoms with Crippen LogP contribution < -0.4 is 14.2 Å². The Morgan fingerprint density at radius 1 is 0.946 bits per heavy atom. The van der Waals surface area contributed by atoms with E-state index in [1.54, 1.807) is 31.4 Å². The van der Waals surface area contributed by atoms with E-state index in [0.29, 0.717) is 16.9 Å². The summed E-state index contributed by atoms with van der Waals surface area (Å²) in [5, 5.41) is 34.6. The van der Waals surface area contributed by atoms with Crippen LogP contribution in [0.15, 0.2) is 66.7 Å².